The standard InChI is InChI=1S/C20H21ClN6O2/c1-14-23-24-25-27(14)18-4-2-3-17(13-18)22-20(28)19(26-9-11-29-12-10-26)15-5-7-16(21)8-6-15/h2-8,13,19H,9-12H2,1H3,(H,22,28)/t19-/m0/s1. The van der Waals surface area contributed by atoms with Crippen LogP contribution in [0.5, 0.6) is 0 Å². The number of amides is 1. The number of hydrogen-bond donors (Lipinski definition) is 1. The number of tetrazole rings is 1. The molecule has 1 aliphatic rings. The second kappa shape index (κ2) is 8.69. The number of halogens is 1. The molecule has 3 aromatic rings. The molecule has 150 valence electrons. The number of ether oxygens (including phenoxy) is 1. The van der Waals surface area contributed by atoms with Crippen molar-refractivity contribution in [1.29, 1.82) is 0 Å². The van der Waals surface area contributed by atoms with Crippen molar-refractivity contribution in [3.8, 4) is 5.69 Å². The van der Waals surface area contributed by atoms with Gasteiger partial charge in [-0.15, -0.1) is 5.10 Å². The Kier molecular flexibility index (Phi) is 5.84. The zero-order chi connectivity index (χ0) is 20.2. The van der Waals surface area contributed by atoms with Gasteiger partial charge in [-0.3, -0.25) is 9.69 Å². The fraction of sp³-hybridized carbons (Fsp3) is 0.300. The number of nitrogens with zero attached hydrogens (tertiary/aromatic N) is 5. The number of carbonyl (C=O) groups is 1. The van der Waals surface area contributed by atoms with Crippen LogP contribution < -0.4 is 5.32 Å². The van der Waals surface area contributed by atoms with Crippen LogP contribution >= 0.6 is 11.6 Å². The molecule has 2 aromatic carbocycles. The number of anilines is 1. The second-order valence-corrected chi connectivity index (χ2v) is 7.22. The molecule has 1 amide bonds. The average molecular weight is 413 g/mol. The molecule has 1 atom stereocenters. The molecule has 0 spiro atoms. The van der Waals surface area contributed by atoms with E-state index in [2.05, 4.69) is 25.7 Å². The molecule has 1 aliphatic heterocycles. The van der Waals surface area contributed by atoms with E-state index in [0.717, 1.165) is 11.3 Å². The molecule has 29 heavy (non-hydrogen) atoms. The Morgan fingerprint density at radius 3 is 2.62 bits per heavy atom. The van der Waals surface area contributed by atoms with E-state index in [-0.39, 0.29) is 5.91 Å². The van der Waals surface area contributed by atoms with Gasteiger partial charge in [-0.2, -0.15) is 4.68 Å². The van der Waals surface area contributed by atoms with Crippen molar-refractivity contribution in [2.24, 2.45) is 0 Å². The highest BCUT2D eigenvalue weighted by molar-refractivity contribution is 6.30. The molecular formula is C20H21ClN6O2. The maximum atomic E-state index is 13.3. The van der Waals surface area contributed by atoms with E-state index in [1.165, 1.54) is 0 Å². The molecule has 2 heterocycles. The second-order valence-electron chi connectivity index (χ2n) is 6.78. The van der Waals surface area contributed by atoms with Crippen LogP contribution in [0.25, 0.3) is 5.69 Å². The molecule has 8 nitrogen and oxygen atoms in total. The van der Waals surface area contributed by atoms with Crippen LogP contribution in [0, 0.1) is 6.92 Å². The quantitative estimate of drug-likeness (QED) is 0.693. The lowest BCUT2D eigenvalue weighted by Crippen LogP contribution is -2.43. The summed E-state index contributed by atoms with van der Waals surface area (Å²) in [5, 5.41) is 15.2. The van der Waals surface area contributed by atoms with Gasteiger partial charge in [-0.25, -0.2) is 0 Å². The monoisotopic (exact) mass is 412 g/mol. The van der Waals surface area contributed by atoms with Gasteiger partial charge in [0.15, 0.2) is 5.82 Å². The molecule has 1 fully saturated rings. The Morgan fingerprint density at radius 2 is 1.93 bits per heavy atom. The summed E-state index contributed by atoms with van der Waals surface area (Å²) >= 11 is 6.04. The maximum absolute atomic E-state index is 13.3. The minimum absolute atomic E-state index is 0.111. The van der Waals surface area contributed by atoms with Crippen LogP contribution in [0.15, 0.2) is 48.5 Å². The Hall–Kier alpha value is -2.81. The average Bonchev–Trinajstić information content (AvgIpc) is 3.17. The minimum atomic E-state index is -0.436. The number of aromatic nitrogens is 4. The molecule has 1 N–H and O–H groups in total. The third-order valence-electron chi connectivity index (χ3n) is 4.83. The first-order chi connectivity index (χ1) is 14.1. The Balaban J connectivity index is 1.59. The Labute approximate surface area is 173 Å². The number of benzene rings is 2. The highest BCUT2D eigenvalue weighted by Crippen LogP contribution is 2.26. The van der Waals surface area contributed by atoms with Gasteiger partial charge >= 0.3 is 0 Å². The number of aryl methyl sites for hydroxylation is 1. The van der Waals surface area contributed by atoms with Crippen molar-refractivity contribution in [2.45, 2.75) is 13.0 Å². The fourth-order valence-electron chi connectivity index (χ4n) is 3.41. The summed E-state index contributed by atoms with van der Waals surface area (Å²) < 4.78 is 7.07. The first kappa shape index (κ1) is 19.5. The summed E-state index contributed by atoms with van der Waals surface area (Å²) in [5.41, 5.74) is 2.34. The number of carbonyl (C=O) groups excluding carboxylic acids is 1. The van der Waals surface area contributed by atoms with Crippen molar-refractivity contribution in [3.63, 3.8) is 0 Å². The Morgan fingerprint density at radius 1 is 1.17 bits per heavy atom. The van der Waals surface area contributed by atoms with Crippen molar-refractivity contribution in [3.05, 3.63) is 64.9 Å². The van der Waals surface area contributed by atoms with Gasteiger partial charge in [0.2, 0.25) is 5.91 Å². The molecule has 0 bridgehead atoms. The van der Waals surface area contributed by atoms with Crippen LogP contribution in [-0.2, 0) is 9.53 Å². The van der Waals surface area contributed by atoms with Gasteiger partial charge < -0.3 is 10.1 Å². The summed E-state index contributed by atoms with van der Waals surface area (Å²) in [6, 6.07) is 14.4. The van der Waals surface area contributed by atoms with Crippen molar-refractivity contribution in [2.75, 3.05) is 31.6 Å². The van der Waals surface area contributed by atoms with Gasteiger partial charge in [0.1, 0.15) is 6.04 Å². The predicted molar refractivity (Wildman–Crippen MR) is 109 cm³/mol. The van der Waals surface area contributed by atoms with E-state index in [9.17, 15) is 4.79 Å². The van der Waals surface area contributed by atoms with Gasteiger partial charge in [-0.05, 0) is 53.2 Å². The molecule has 0 radical (unpaired) electrons. The first-order valence-electron chi connectivity index (χ1n) is 9.35. The maximum Gasteiger partial charge on any atom is 0.246 e. The molecule has 4 rings (SSSR count). The van der Waals surface area contributed by atoms with Crippen LogP contribution in [0.3, 0.4) is 0 Å². The third kappa shape index (κ3) is 4.45. The largest absolute Gasteiger partial charge is 0.379 e. The fourth-order valence-corrected chi connectivity index (χ4v) is 3.53. The van der Waals surface area contributed by atoms with Crippen molar-refractivity contribution in [1.82, 2.24) is 25.1 Å². The lowest BCUT2D eigenvalue weighted by Gasteiger charge is -2.33. The van der Waals surface area contributed by atoms with Crippen LogP contribution in [0.4, 0.5) is 5.69 Å². The van der Waals surface area contributed by atoms with E-state index in [1.54, 1.807) is 16.8 Å². The zero-order valence-electron chi connectivity index (χ0n) is 16.0. The van der Waals surface area contributed by atoms with Crippen LogP contribution in [0.1, 0.15) is 17.4 Å². The number of morpholine rings is 1. The third-order valence-corrected chi connectivity index (χ3v) is 5.08. The molecular weight excluding hydrogens is 392 g/mol. The van der Waals surface area contributed by atoms with E-state index < -0.39 is 6.04 Å². The predicted octanol–water partition coefficient (Wildman–Crippen LogP) is 2.64. The summed E-state index contributed by atoms with van der Waals surface area (Å²) in [4.78, 5) is 15.4. The van der Waals surface area contributed by atoms with Crippen LogP contribution in [-0.4, -0.2) is 57.3 Å². The SMILES string of the molecule is Cc1nnnn1-c1cccc(NC(=O)[C@H](c2ccc(Cl)cc2)N2CCOCC2)c1. The molecule has 0 unspecified atom stereocenters. The summed E-state index contributed by atoms with van der Waals surface area (Å²) in [7, 11) is 0. The lowest BCUT2D eigenvalue weighted by molar-refractivity contribution is -0.123. The van der Waals surface area contributed by atoms with Gasteiger partial charge in [0, 0.05) is 23.8 Å². The van der Waals surface area contributed by atoms with E-state index in [0.29, 0.717) is 42.8 Å². The highest BCUT2D eigenvalue weighted by Gasteiger charge is 2.29. The summed E-state index contributed by atoms with van der Waals surface area (Å²) in [6.07, 6.45) is 0. The molecule has 0 saturated carbocycles. The Bertz CT molecular complexity index is 985. The van der Waals surface area contributed by atoms with E-state index in [1.807, 2.05) is 43.3 Å². The van der Waals surface area contributed by atoms with Gasteiger partial charge in [0.05, 0.1) is 18.9 Å². The summed E-state index contributed by atoms with van der Waals surface area (Å²) in [6.45, 7) is 4.40. The molecule has 1 aromatic heterocycles. The van der Waals surface area contributed by atoms with E-state index >= 15 is 0 Å². The molecule has 0 aliphatic carbocycles. The smallest absolute Gasteiger partial charge is 0.246 e. The van der Waals surface area contributed by atoms with Gasteiger partial charge in [-0.1, -0.05) is 29.8 Å². The molecule has 9 heteroatoms. The number of hydrogen-bond acceptors (Lipinski definition) is 6. The lowest BCUT2D eigenvalue weighted by atomic mass is 10.0. The highest BCUT2D eigenvalue weighted by atomic mass is 35.5. The first-order valence-corrected chi connectivity index (χ1v) is 9.73. The minimum Gasteiger partial charge on any atom is -0.379 e. The van der Waals surface area contributed by atoms with Crippen LogP contribution in [0.2, 0.25) is 5.02 Å². The molecule has 1 saturated heterocycles. The topological polar surface area (TPSA) is 85.2 Å². The van der Waals surface area contributed by atoms with Gasteiger partial charge in [0.25, 0.3) is 0 Å². The number of nitrogens with one attached hydrogen (secondary N) is 1. The number of rotatable bonds is 5. The summed E-state index contributed by atoms with van der Waals surface area (Å²) in [5.74, 6) is 0.556. The van der Waals surface area contributed by atoms with Crippen molar-refractivity contribution < 1.29 is 9.53 Å². The van der Waals surface area contributed by atoms with E-state index in [4.69, 9.17) is 16.3 Å². The normalized spacial score (nSPS) is 15.8. The zero-order valence-corrected chi connectivity index (χ0v) is 16.7. The van der Waals surface area contributed by atoms with Crippen molar-refractivity contribution >= 4 is 23.2 Å².